The maximum Gasteiger partial charge on any atom is 0.147 e. The number of aromatic nitrogens is 1. The van der Waals surface area contributed by atoms with E-state index in [1.54, 1.807) is 0 Å². The number of pyridine rings is 1. The van der Waals surface area contributed by atoms with Gasteiger partial charge in [-0.1, -0.05) is 25.4 Å². The molecule has 0 aromatic carbocycles. The first-order valence-electron chi connectivity index (χ1n) is 7.16. The molecule has 1 saturated heterocycles. The Kier molecular flexibility index (Phi) is 3.44. The molecule has 0 unspecified atom stereocenters. The zero-order valence-electron chi connectivity index (χ0n) is 11.7. The highest BCUT2D eigenvalue weighted by Gasteiger charge is 2.30. The van der Waals surface area contributed by atoms with Crippen molar-refractivity contribution in [2.45, 2.75) is 45.7 Å². The Bertz CT molecular complexity index is 468. The number of hydrogen-bond donors (Lipinski definition) is 1. The predicted octanol–water partition coefficient (Wildman–Crippen LogP) is 3.22. The Balaban J connectivity index is 1.68. The van der Waals surface area contributed by atoms with E-state index in [9.17, 15) is 0 Å². The van der Waals surface area contributed by atoms with Gasteiger partial charge in [-0.25, -0.2) is 4.98 Å². The first-order valence-corrected chi connectivity index (χ1v) is 7.54. The standard InChI is InChI=1S/C15H22ClN3/c1-15(2)5-6-19(10-15)14-13(16)7-11(9-18-14)8-17-12-3-4-12/h7,9,12,17H,3-6,8,10H2,1-2H3. The van der Waals surface area contributed by atoms with Crippen LogP contribution in [-0.4, -0.2) is 24.1 Å². The molecule has 2 fully saturated rings. The minimum atomic E-state index is 0.372. The van der Waals surface area contributed by atoms with E-state index in [1.165, 1.54) is 24.8 Å². The summed E-state index contributed by atoms with van der Waals surface area (Å²) in [7, 11) is 0. The molecule has 104 valence electrons. The van der Waals surface area contributed by atoms with Crippen molar-refractivity contribution in [1.82, 2.24) is 10.3 Å². The summed E-state index contributed by atoms with van der Waals surface area (Å²) >= 11 is 6.40. The summed E-state index contributed by atoms with van der Waals surface area (Å²) in [4.78, 5) is 6.88. The Morgan fingerprint density at radius 1 is 1.47 bits per heavy atom. The van der Waals surface area contributed by atoms with E-state index in [0.29, 0.717) is 5.41 Å². The van der Waals surface area contributed by atoms with Gasteiger partial charge in [-0.3, -0.25) is 0 Å². The average molecular weight is 280 g/mol. The molecule has 0 bridgehead atoms. The third-order valence-electron chi connectivity index (χ3n) is 4.03. The molecule has 1 aliphatic heterocycles. The number of anilines is 1. The van der Waals surface area contributed by atoms with Crippen molar-refractivity contribution in [3.63, 3.8) is 0 Å². The topological polar surface area (TPSA) is 28.2 Å². The van der Waals surface area contributed by atoms with Gasteiger partial charge in [0.15, 0.2) is 0 Å². The number of rotatable bonds is 4. The van der Waals surface area contributed by atoms with Crippen molar-refractivity contribution < 1.29 is 0 Å². The van der Waals surface area contributed by atoms with Crippen molar-refractivity contribution in [3.05, 3.63) is 22.8 Å². The highest BCUT2D eigenvalue weighted by Crippen LogP contribution is 2.34. The van der Waals surface area contributed by atoms with Gasteiger partial charge >= 0.3 is 0 Å². The van der Waals surface area contributed by atoms with Gasteiger partial charge in [0.1, 0.15) is 5.82 Å². The van der Waals surface area contributed by atoms with Crippen LogP contribution in [0.5, 0.6) is 0 Å². The highest BCUT2D eigenvalue weighted by atomic mass is 35.5. The Labute approximate surface area is 120 Å². The zero-order chi connectivity index (χ0) is 13.5. The van der Waals surface area contributed by atoms with E-state index in [2.05, 4.69) is 35.1 Å². The van der Waals surface area contributed by atoms with Crippen LogP contribution in [0.1, 0.15) is 38.7 Å². The monoisotopic (exact) mass is 279 g/mol. The van der Waals surface area contributed by atoms with Crippen LogP contribution in [-0.2, 0) is 6.54 Å². The summed E-state index contributed by atoms with van der Waals surface area (Å²) < 4.78 is 0. The van der Waals surface area contributed by atoms with Gasteiger partial charge in [0.05, 0.1) is 5.02 Å². The summed E-state index contributed by atoms with van der Waals surface area (Å²) in [6, 6.07) is 2.78. The third kappa shape index (κ3) is 3.21. The fraction of sp³-hybridized carbons (Fsp3) is 0.667. The molecule has 1 aliphatic carbocycles. The molecule has 0 amide bonds. The highest BCUT2D eigenvalue weighted by molar-refractivity contribution is 6.33. The van der Waals surface area contributed by atoms with Crippen LogP contribution >= 0.6 is 11.6 Å². The number of nitrogens with one attached hydrogen (secondary N) is 1. The van der Waals surface area contributed by atoms with Crippen LogP contribution in [0, 0.1) is 5.41 Å². The summed E-state index contributed by atoms with van der Waals surface area (Å²) in [6.45, 7) is 7.58. The van der Waals surface area contributed by atoms with Crippen molar-refractivity contribution in [1.29, 1.82) is 0 Å². The lowest BCUT2D eigenvalue weighted by molar-refractivity contribution is 0.418. The van der Waals surface area contributed by atoms with E-state index < -0.39 is 0 Å². The van der Waals surface area contributed by atoms with Crippen molar-refractivity contribution in [2.24, 2.45) is 5.41 Å². The second kappa shape index (κ2) is 4.95. The molecular formula is C15H22ClN3. The number of halogens is 1. The summed E-state index contributed by atoms with van der Waals surface area (Å²) in [5.41, 5.74) is 1.55. The molecule has 3 rings (SSSR count). The van der Waals surface area contributed by atoms with Gasteiger partial charge in [-0.15, -0.1) is 0 Å². The molecule has 0 atom stereocenters. The summed E-state index contributed by atoms with van der Waals surface area (Å²) in [5.74, 6) is 0.947. The van der Waals surface area contributed by atoms with Gasteiger partial charge in [0.25, 0.3) is 0 Å². The van der Waals surface area contributed by atoms with Crippen LogP contribution in [0.4, 0.5) is 5.82 Å². The largest absolute Gasteiger partial charge is 0.355 e. The van der Waals surface area contributed by atoms with E-state index >= 15 is 0 Å². The van der Waals surface area contributed by atoms with E-state index in [-0.39, 0.29) is 0 Å². The predicted molar refractivity (Wildman–Crippen MR) is 79.7 cm³/mol. The van der Waals surface area contributed by atoms with Gasteiger partial charge in [0.2, 0.25) is 0 Å². The Morgan fingerprint density at radius 3 is 2.84 bits per heavy atom. The minimum absolute atomic E-state index is 0.372. The van der Waals surface area contributed by atoms with Gasteiger partial charge < -0.3 is 10.2 Å². The SMILES string of the molecule is CC1(C)CCN(c2ncc(CNC3CC3)cc2Cl)C1. The fourth-order valence-electron chi connectivity index (χ4n) is 2.64. The van der Waals surface area contributed by atoms with Crippen LogP contribution in [0.15, 0.2) is 12.3 Å². The molecule has 4 heteroatoms. The van der Waals surface area contributed by atoms with E-state index in [4.69, 9.17) is 11.6 Å². The number of nitrogens with zero attached hydrogens (tertiary/aromatic N) is 2. The molecule has 1 N–H and O–H groups in total. The Morgan fingerprint density at radius 2 is 2.26 bits per heavy atom. The molecule has 0 spiro atoms. The lowest BCUT2D eigenvalue weighted by Gasteiger charge is -2.21. The van der Waals surface area contributed by atoms with E-state index in [0.717, 1.165) is 36.5 Å². The maximum atomic E-state index is 6.40. The third-order valence-corrected chi connectivity index (χ3v) is 4.31. The molecule has 0 radical (unpaired) electrons. The molecule has 19 heavy (non-hydrogen) atoms. The molecular weight excluding hydrogens is 258 g/mol. The summed E-state index contributed by atoms with van der Waals surface area (Å²) in [5, 5.41) is 4.27. The minimum Gasteiger partial charge on any atom is -0.355 e. The fourth-order valence-corrected chi connectivity index (χ4v) is 2.95. The average Bonchev–Trinajstić information content (AvgIpc) is 3.11. The van der Waals surface area contributed by atoms with E-state index in [1.807, 2.05) is 6.20 Å². The molecule has 1 aromatic heterocycles. The van der Waals surface area contributed by atoms with Crippen LogP contribution in [0.2, 0.25) is 5.02 Å². The Hall–Kier alpha value is -0.800. The first kappa shape index (κ1) is 13.2. The summed E-state index contributed by atoms with van der Waals surface area (Å²) in [6.07, 6.45) is 5.78. The van der Waals surface area contributed by atoms with Gasteiger partial charge in [-0.2, -0.15) is 0 Å². The van der Waals surface area contributed by atoms with Crippen LogP contribution in [0.25, 0.3) is 0 Å². The second-order valence-corrected chi connectivity index (χ2v) is 7.05. The second-order valence-electron chi connectivity index (χ2n) is 6.64. The molecule has 1 saturated carbocycles. The lowest BCUT2D eigenvalue weighted by atomic mass is 9.93. The van der Waals surface area contributed by atoms with Crippen molar-refractivity contribution >= 4 is 17.4 Å². The molecule has 1 aromatic rings. The molecule has 3 nitrogen and oxygen atoms in total. The molecule has 2 aliphatic rings. The maximum absolute atomic E-state index is 6.40. The van der Waals surface area contributed by atoms with Gasteiger partial charge in [0, 0.05) is 31.9 Å². The molecule has 2 heterocycles. The normalized spacial score (nSPS) is 21.9. The first-order chi connectivity index (χ1) is 9.03. The van der Waals surface area contributed by atoms with Gasteiger partial charge in [-0.05, 0) is 36.3 Å². The van der Waals surface area contributed by atoms with Crippen LogP contribution in [0.3, 0.4) is 0 Å². The van der Waals surface area contributed by atoms with Crippen molar-refractivity contribution in [2.75, 3.05) is 18.0 Å². The zero-order valence-corrected chi connectivity index (χ0v) is 12.5. The lowest BCUT2D eigenvalue weighted by Crippen LogP contribution is -2.24. The van der Waals surface area contributed by atoms with Crippen LogP contribution < -0.4 is 10.2 Å². The smallest absolute Gasteiger partial charge is 0.147 e. The quantitative estimate of drug-likeness (QED) is 0.917. The number of hydrogen-bond acceptors (Lipinski definition) is 3. The van der Waals surface area contributed by atoms with Crippen molar-refractivity contribution in [3.8, 4) is 0 Å².